The van der Waals surface area contributed by atoms with Crippen LogP contribution in [-0.4, -0.2) is 11.8 Å². The summed E-state index contributed by atoms with van der Waals surface area (Å²) in [4.78, 5) is 21.8. The molecule has 0 amide bonds. The molecule has 0 aromatic heterocycles. The highest BCUT2D eigenvalue weighted by Gasteiger charge is 2.04. The molecule has 0 fully saturated rings. The van der Waals surface area contributed by atoms with Gasteiger partial charge in [-0.25, -0.2) is 0 Å². The van der Waals surface area contributed by atoms with Crippen LogP contribution >= 0.6 is 11.9 Å². The molecule has 0 aromatic carbocycles. The Bertz CT molecular complexity index is 180. The summed E-state index contributed by atoms with van der Waals surface area (Å²) in [6, 6.07) is 0. The van der Waals surface area contributed by atoms with Crippen molar-refractivity contribution in [2.24, 2.45) is 0 Å². The number of Topliss-reactive ketones (excluding diaryl/α,β-unsaturated/α-hetero) is 1. The van der Waals surface area contributed by atoms with Crippen LogP contribution in [0.4, 0.5) is 0 Å². The van der Waals surface area contributed by atoms with Gasteiger partial charge in [-0.05, 0) is 19.3 Å². The standard InChI is InChI=1S/C10H17ClO3/c1-2-3-6-9(12)7-4-5-8-10(13)14-11/h2-8H2,1H3. The monoisotopic (exact) mass is 220 g/mol. The van der Waals surface area contributed by atoms with Gasteiger partial charge < -0.3 is 4.29 Å². The van der Waals surface area contributed by atoms with Gasteiger partial charge in [-0.3, -0.25) is 9.59 Å². The molecule has 14 heavy (non-hydrogen) atoms. The van der Waals surface area contributed by atoms with Gasteiger partial charge in [0.1, 0.15) is 17.6 Å². The van der Waals surface area contributed by atoms with Crippen molar-refractivity contribution in [2.45, 2.75) is 51.9 Å². The van der Waals surface area contributed by atoms with Crippen molar-refractivity contribution < 1.29 is 13.9 Å². The quantitative estimate of drug-likeness (QED) is 0.591. The minimum atomic E-state index is -0.423. The van der Waals surface area contributed by atoms with Gasteiger partial charge >= 0.3 is 5.97 Å². The van der Waals surface area contributed by atoms with Crippen molar-refractivity contribution in [1.29, 1.82) is 0 Å². The smallest absolute Gasteiger partial charge is 0.324 e. The Balaban J connectivity index is 3.27. The third kappa shape index (κ3) is 8.05. The zero-order chi connectivity index (χ0) is 10.8. The Kier molecular flexibility index (Phi) is 8.64. The van der Waals surface area contributed by atoms with Gasteiger partial charge in [-0.15, -0.1) is 0 Å². The number of carbonyl (C=O) groups is 2. The van der Waals surface area contributed by atoms with Gasteiger partial charge in [0.2, 0.25) is 0 Å². The molecule has 0 aliphatic heterocycles. The largest absolute Gasteiger partial charge is 0.348 e. The maximum atomic E-state index is 11.2. The Labute approximate surface area is 89.9 Å². The first-order chi connectivity index (χ1) is 6.70. The molecule has 0 saturated carbocycles. The summed E-state index contributed by atoms with van der Waals surface area (Å²) in [5, 5.41) is 0. The molecule has 0 bridgehead atoms. The first-order valence-electron chi connectivity index (χ1n) is 5.03. The van der Waals surface area contributed by atoms with Crippen molar-refractivity contribution in [3.63, 3.8) is 0 Å². The fourth-order valence-corrected chi connectivity index (χ4v) is 1.21. The maximum absolute atomic E-state index is 11.2. The van der Waals surface area contributed by atoms with E-state index < -0.39 is 5.97 Å². The average Bonchev–Trinajstić information content (AvgIpc) is 2.21. The molecule has 0 rings (SSSR count). The molecule has 0 unspecified atom stereocenters. The van der Waals surface area contributed by atoms with Gasteiger partial charge in [-0.1, -0.05) is 13.3 Å². The van der Waals surface area contributed by atoms with Crippen LogP contribution in [0.3, 0.4) is 0 Å². The number of hydrogen-bond acceptors (Lipinski definition) is 3. The number of hydrogen-bond donors (Lipinski definition) is 0. The van der Waals surface area contributed by atoms with E-state index in [4.69, 9.17) is 11.9 Å². The lowest BCUT2D eigenvalue weighted by Crippen LogP contribution is -2.00. The second-order valence-corrected chi connectivity index (χ2v) is 3.45. The Morgan fingerprint density at radius 3 is 2.21 bits per heavy atom. The second kappa shape index (κ2) is 9.00. The lowest BCUT2D eigenvalue weighted by molar-refractivity contribution is -0.134. The van der Waals surface area contributed by atoms with Crippen LogP contribution in [0.25, 0.3) is 0 Å². The summed E-state index contributed by atoms with van der Waals surface area (Å²) in [6.07, 6.45) is 4.95. The molecule has 82 valence electrons. The zero-order valence-electron chi connectivity index (χ0n) is 8.55. The molecule has 0 aliphatic carbocycles. The summed E-state index contributed by atoms with van der Waals surface area (Å²) < 4.78 is 3.97. The van der Waals surface area contributed by atoms with Gasteiger partial charge in [0.15, 0.2) is 0 Å². The topological polar surface area (TPSA) is 43.4 Å². The number of unbranched alkanes of at least 4 members (excludes halogenated alkanes) is 2. The van der Waals surface area contributed by atoms with Crippen molar-refractivity contribution in [3.8, 4) is 0 Å². The van der Waals surface area contributed by atoms with E-state index in [1.54, 1.807) is 0 Å². The molecule has 0 N–H and O–H groups in total. The number of halogens is 1. The number of ketones is 1. The van der Waals surface area contributed by atoms with Crippen LogP contribution in [0.2, 0.25) is 0 Å². The highest BCUT2D eigenvalue weighted by molar-refractivity contribution is 6.13. The Hall–Kier alpha value is -0.570. The highest BCUT2D eigenvalue weighted by atomic mass is 35.5. The van der Waals surface area contributed by atoms with Crippen molar-refractivity contribution in [1.82, 2.24) is 0 Å². The van der Waals surface area contributed by atoms with E-state index in [9.17, 15) is 9.59 Å². The van der Waals surface area contributed by atoms with Gasteiger partial charge in [-0.2, -0.15) is 0 Å². The molecular formula is C10H17ClO3. The lowest BCUT2D eigenvalue weighted by atomic mass is 10.1. The highest BCUT2D eigenvalue weighted by Crippen LogP contribution is 2.06. The summed E-state index contributed by atoms with van der Waals surface area (Å²) in [5.74, 6) is -0.140. The van der Waals surface area contributed by atoms with Crippen LogP contribution in [0.5, 0.6) is 0 Å². The molecule has 0 heterocycles. The van der Waals surface area contributed by atoms with Crippen molar-refractivity contribution >= 4 is 23.6 Å². The van der Waals surface area contributed by atoms with Crippen LogP contribution in [0, 0.1) is 0 Å². The molecule has 0 aliphatic rings. The van der Waals surface area contributed by atoms with E-state index >= 15 is 0 Å². The van der Waals surface area contributed by atoms with E-state index in [1.165, 1.54) is 0 Å². The van der Waals surface area contributed by atoms with Crippen LogP contribution in [0.15, 0.2) is 0 Å². The van der Waals surface area contributed by atoms with Crippen molar-refractivity contribution in [2.75, 3.05) is 0 Å². The summed E-state index contributed by atoms with van der Waals surface area (Å²) in [7, 11) is 0. The predicted octanol–water partition coefficient (Wildman–Crippen LogP) is 3.00. The van der Waals surface area contributed by atoms with Crippen LogP contribution in [0.1, 0.15) is 51.9 Å². The number of rotatable bonds is 8. The second-order valence-electron chi connectivity index (χ2n) is 3.30. The van der Waals surface area contributed by atoms with Gasteiger partial charge in [0.05, 0.1) is 0 Å². The molecular weight excluding hydrogens is 204 g/mol. The molecule has 0 saturated heterocycles. The average molecular weight is 221 g/mol. The summed E-state index contributed by atoms with van der Waals surface area (Å²) in [5.41, 5.74) is 0. The van der Waals surface area contributed by atoms with Crippen LogP contribution < -0.4 is 0 Å². The SMILES string of the molecule is CCCCC(=O)CCCCC(=O)OCl. The minimum absolute atomic E-state index is 0.283. The third-order valence-corrected chi connectivity index (χ3v) is 2.15. The maximum Gasteiger partial charge on any atom is 0.324 e. The molecule has 0 radical (unpaired) electrons. The van der Waals surface area contributed by atoms with Gasteiger partial charge in [0, 0.05) is 19.3 Å². The van der Waals surface area contributed by atoms with Gasteiger partial charge in [0.25, 0.3) is 0 Å². The molecule has 4 heteroatoms. The van der Waals surface area contributed by atoms with E-state index in [0.29, 0.717) is 25.7 Å². The minimum Gasteiger partial charge on any atom is -0.348 e. The first kappa shape index (κ1) is 13.4. The Morgan fingerprint density at radius 2 is 1.64 bits per heavy atom. The third-order valence-electron chi connectivity index (χ3n) is 1.98. The van der Waals surface area contributed by atoms with Crippen molar-refractivity contribution in [3.05, 3.63) is 0 Å². The van der Waals surface area contributed by atoms with E-state index in [2.05, 4.69) is 11.2 Å². The molecule has 0 atom stereocenters. The normalized spacial score (nSPS) is 9.86. The molecule has 3 nitrogen and oxygen atoms in total. The zero-order valence-corrected chi connectivity index (χ0v) is 9.31. The summed E-state index contributed by atoms with van der Waals surface area (Å²) in [6.45, 7) is 2.06. The summed E-state index contributed by atoms with van der Waals surface area (Å²) >= 11 is 4.85. The van der Waals surface area contributed by atoms with Crippen LogP contribution in [-0.2, 0) is 13.9 Å². The fraction of sp³-hybridized carbons (Fsp3) is 0.800. The van der Waals surface area contributed by atoms with E-state index in [1.807, 2.05) is 0 Å². The van der Waals surface area contributed by atoms with E-state index in [0.717, 1.165) is 19.3 Å². The number of carbonyl (C=O) groups excluding carboxylic acids is 2. The molecule has 0 spiro atoms. The fourth-order valence-electron chi connectivity index (χ4n) is 1.13. The predicted molar refractivity (Wildman–Crippen MR) is 54.9 cm³/mol. The lowest BCUT2D eigenvalue weighted by Gasteiger charge is -1.99. The first-order valence-corrected chi connectivity index (χ1v) is 5.34. The Morgan fingerprint density at radius 1 is 1.07 bits per heavy atom. The van der Waals surface area contributed by atoms with E-state index in [-0.39, 0.29) is 5.78 Å². The molecule has 0 aromatic rings.